The van der Waals surface area contributed by atoms with Crippen LogP contribution >= 0.6 is 46.7 Å². The van der Waals surface area contributed by atoms with Gasteiger partial charge in [0.1, 0.15) is 0 Å². The van der Waals surface area contributed by atoms with Crippen molar-refractivity contribution in [2.75, 3.05) is 10.8 Å². The predicted molar refractivity (Wildman–Crippen MR) is 64.1 cm³/mol. The van der Waals surface area contributed by atoms with Crippen LogP contribution in [0.25, 0.3) is 0 Å². The van der Waals surface area contributed by atoms with Crippen LogP contribution < -0.4 is 0 Å². The lowest BCUT2D eigenvalue weighted by Crippen LogP contribution is -1.92. The smallest absolute Gasteiger partial charge is 0.0464 e. The van der Waals surface area contributed by atoms with Crippen molar-refractivity contribution in [3.8, 4) is 0 Å². The molecule has 1 aliphatic heterocycles. The Kier molecular flexibility index (Phi) is 3.36. The minimum atomic E-state index is 0.551. The van der Waals surface area contributed by atoms with E-state index >= 15 is 0 Å². The van der Waals surface area contributed by atoms with Crippen LogP contribution in [-0.2, 0) is 0 Å². The second-order valence-corrected chi connectivity index (χ2v) is 6.24. The summed E-state index contributed by atoms with van der Waals surface area (Å²) >= 11 is 15.8. The molecule has 0 amide bonds. The van der Waals surface area contributed by atoms with Gasteiger partial charge in [-0.15, -0.1) is 23.5 Å². The van der Waals surface area contributed by atoms with Crippen molar-refractivity contribution in [1.82, 2.24) is 0 Å². The molecule has 2 rings (SSSR count). The van der Waals surface area contributed by atoms with Crippen LogP contribution in [0, 0.1) is 0 Å². The average molecular weight is 251 g/mol. The van der Waals surface area contributed by atoms with E-state index in [1.54, 1.807) is 0 Å². The van der Waals surface area contributed by atoms with Crippen LogP contribution in [0.1, 0.15) is 10.8 Å². The van der Waals surface area contributed by atoms with Gasteiger partial charge in [-0.1, -0.05) is 29.3 Å². The van der Waals surface area contributed by atoms with E-state index in [4.69, 9.17) is 23.2 Å². The first-order chi connectivity index (χ1) is 6.27. The van der Waals surface area contributed by atoms with Gasteiger partial charge in [-0.3, -0.25) is 0 Å². The molecule has 0 bridgehead atoms. The molecule has 0 radical (unpaired) electrons. The first-order valence-corrected chi connectivity index (χ1v) is 6.87. The minimum Gasteiger partial charge on any atom is -0.150 e. The zero-order valence-corrected chi connectivity index (χ0v) is 9.94. The highest BCUT2D eigenvalue weighted by Crippen LogP contribution is 2.43. The van der Waals surface area contributed by atoms with E-state index in [1.807, 2.05) is 41.7 Å². The maximum absolute atomic E-state index is 6.10. The summed E-state index contributed by atoms with van der Waals surface area (Å²) < 4.78 is 0. The van der Waals surface area contributed by atoms with Crippen LogP contribution in [0.4, 0.5) is 0 Å². The summed E-state index contributed by atoms with van der Waals surface area (Å²) in [7, 11) is 0. The lowest BCUT2D eigenvalue weighted by atomic mass is 10.2. The maximum atomic E-state index is 6.10. The standard InChI is InChI=1S/C9H8Cl2S2/c10-6-1-2-7(8(11)3-6)9-4-12-5-13-9/h1-3,9H,4-5H2/t9-/m0/s1. The summed E-state index contributed by atoms with van der Waals surface area (Å²) in [5.74, 6) is 1.16. The molecule has 0 aromatic heterocycles. The molecular weight excluding hydrogens is 243 g/mol. The summed E-state index contributed by atoms with van der Waals surface area (Å²) in [4.78, 5) is 0. The Morgan fingerprint density at radius 3 is 2.77 bits per heavy atom. The molecule has 13 heavy (non-hydrogen) atoms. The third-order valence-corrected chi connectivity index (χ3v) is 5.31. The van der Waals surface area contributed by atoms with Crippen molar-refractivity contribution in [2.45, 2.75) is 5.25 Å². The number of rotatable bonds is 1. The van der Waals surface area contributed by atoms with Crippen molar-refractivity contribution in [3.63, 3.8) is 0 Å². The number of halogens is 2. The number of benzene rings is 1. The van der Waals surface area contributed by atoms with Gasteiger partial charge in [-0.25, -0.2) is 0 Å². The van der Waals surface area contributed by atoms with Crippen molar-refractivity contribution < 1.29 is 0 Å². The lowest BCUT2D eigenvalue weighted by molar-refractivity contribution is 1.13. The zero-order valence-electron chi connectivity index (χ0n) is 6.80. The molecule has 0 nitrogen and oxygen atoms in total. The molecule has 70 valence electrons. The molecule has 0 aliphatic carbocycles. The summed E-state index contributed by atoms with van der Waals surface area (Å²) in [6, 6.07) is 5.77. The summed E-state index contributed by atoms with van der Waals surface area (Å²) in [5.41, 5.74) is 1.22. The van der Waals surface area contributed by atoms with E-state index in [1.165, 1.54) is 10.6 Å². The number of thioether (sulfide) groups is 2. The van der Waals surface area contributed by atoms with Crippen molar-refractivity contribution >= 4 is 46.7 Å². The Balaban J connectivity index is 2.29. The molecule has 0 spiro atoms. The Hall–Kier alpha value is 0.500. The van der Waals surface area contributed by atoms with Gasteiger partial charge in [0.25, 0.3) is 0 Å². The summed E-state index contributed by atoms with van der Waals surface area (Å²) in [5, 5.41) is 3.23. The second-order valence-electron chi connectivity index (χ2n) is 2.81. The van der Waals surface area contributed by atoms with Crippen molar-refractivity contribution in [2.24, 2.45) is 0 Å². The first-order valence-electron chi connectivity index (χ1n) is 3.91. The van der Waals surface area contributed by atoms with Gasteiger partial charge in [-0.05, 0) is 17.7 Å². The highest BCUT2D eigenvalue weighted by Gasteiger charge is 2.20. The Bertz CT molecular complexity index is 308. The SMILES string of the molecule is Clc1ccc([C@@H]2CSCS2)c(Cl)c1. The van der Waals surface area contributed by atoms with Gasteiger partial charge in [-0.2, -0.15) is 0 Å². The number of hydrogen-bond donors (Lipinski definition) is 0. The van der Waals surface area contributed by atoms with E-state index in [0.717, 1.165) is 10.8 Å². The quantitative estimate of drug-likeness (QED) is 0.722. The van der Waals surface area contributed by atoms with Gasteiger partial charge in [0.2, 0.25) is 0 Å². The van der Waals surface area contributed by atoms with Crippen LogP contribution in [0.5, 0.6) is 0 Å². The third-order valence-electron chi connectivity index (χ3n) is 1.93. The fraction of sp³-hybridized carbons (Fsp3) is 0.333. The predicted octanol–water partition coefficient (Wildman–Crippen LogP) is 4.47. The Morgan fingerprint density at radius 1 is 1.31 bits per heavy atom. The largest absolute Gasteiger partial charge is 0.150 e. The van der Waals surface area contributed by atoms with Crippen molar-refractivity contribution in [1.29, 1.82) is 0 Å². The molecule has 1 atom stereocenters. The van der Waals surface area contributed by atoms with Crippen LogP contribution in [0.2, 0.25) is 10.0 Å². The average Bonchev–Trinajstić information content (AvgIpc) is 2.56. The van der Waals surface area contributed by atoms with E-state index in [-0.39, 0.29) is 0 Å². The van der Waals surface area contributed by atoms with Gasteiger partial charge in [0, 0.05) is 26.1 Å². The molecule has 0 N–H and O–H groups in total. The van der Waals surface area contributed by atoms with Crippen LogP contribution in [0.3, 0.4) is 0 Å². The van der Waals surface area contributed by atoms with E-state index in [0.29, 0.717) is 10.3 Å². The van der Waals surface area contributed by atoms with Gasteiger partial charge < -0.3 is 0 Å². The highest BCUT2D eigenvalue weighted by atomic mass is 35.5. The monoisotopic (exact) mass is 250 g/mol. The van der Waals surface area contributed by atoms with E-state index < -0.39 is 0 Å². The third kappa shape index (κ3) is 2.30. The molecular formula is C9H8Cl2S2. The summed E-state index contributed by atoms with van der Waals surface area (Å²) in [6.45, 7) is 0. The van der Waals surface area contributed by atoms with Gasteiger partial charge >= 0.3 is 0 Å². The van der Waals surface area contributed by atoms with E-state index in [2.05, 4.69) is 0 Å². The minimum absolute atomic E-state index is 0.551. The zero-order chi connectivity index (χ0) is 9.26. The van der Waals surface area contributed by atoms with Gasteiger partial charge in [0.15, 0.2) is 0 Å². The molecule has 0 unspecified atom stereocenters. The van der Waals surface area contributed by atoms with Crippen molar-refractivity contribution in [3.05, 3.63) is 33.8 Å². The number of hydrogen-bond acceptors (Lipinski definition) is 2. The molecule has 4 heteroatoms. The normalized spacial score (nSPS) is 22.2. The van der Waals surface area contributed by atoms with E-state index in [9.17, 15) is 0 Å². The molecule has 1 fully saturated rings. The molecule has 1 aromatic rings. The molecule has 1 heterocycles. The Morgan fingerprint density at radius 2 is 2.15 bits per heavy atom. The highest BCUT2D eigenvalue weighted by molar-refractivity contribution is 8.19. The maximum Gasteiger partial charge on any atom is 0.0464 e. The van der Waals surface area contributed by atoms with Crippen LogP contribution in [-0.4, -0.2) is 10.8 Å². The van der Waals surface area contributed by atoms with Crippen LogP contribution in [0.15, 0.2) is 18.2 Å². The molecule has 1 saturated heterocycles. The molecule has 1 aromatic carbocycles. The fourth-order valence-corrected chi connectivity index (χ4v) is 4.76. The summed E-state index contributed by atoms with van der Waals surface area (Å²) in [6.07, 6.45) is 0. The topological polar surface area (TPSA) is 0 Å². The molecule has 0 saturated carbocycles. The Labute approximate surface area is 96.4 Å². The second kappa shape index (κ2) is 4.35. The van der Waals surface area contributed by atoms with Gasteiger partial charge in [0.05, 0.1) is 0 Å². The lowest BCUT2D eigenvalue weighted by Gasteiger charge is -2.09. The molecule has 1 aliphatic rings. The fourth-order valence-electron chi connectivity index (χ4n) is 1.28. The first kappa shape index (κ1) is 10.0.